The van der Waals surface area contributed by atoms with Gasteiger partial charge < -0.3 is 4.74 Å². The van der Waals surface area contributed by atoms with Crippen molar-refractivity contribution in [2.75, 3.05) is 7.11 Å². The largest absolute Gasteiger partial charge is 0.469 e. The van der Waals surface area contributed by atoms with Gasteiger partial charge in [0.05, 0.1) is 13.0 Å². The van der Waals surface area contributed by atoms with Crippen molar-refractivity contribution >= 4 is 17.8 Å². The molecule has 1 saturated carbocycles. The summed E-state index contributed by atoms with van der Waals surface area (Å²) in [6.07, 6.45) is 2.51. The molecule has 0 aromatic heterocycles. The van der Waals surface area contributed by atoms with Gasteiger partial charge in [0.15, 0.2) is 0 Å². The van der Waals surface area contributed by atoms with Gasteiger partial charge in [-0.15, -0.1) is 0 Å². The summed E-state index contributed by atoms with van der Waals surface area (Å²) in [6, 6.07) is 8.66. The van der Waals surface area contributed by atoms with Crippen LogP contribution in [0.4, 0.5) is 0 Å². The van der Waals surface area contributed by atoms with Gasteiger partial charge in [0.25, 0.3) is 5.91 Å². The predicted molar refractivity (Wildman–Crippen MR) is 79.5 cm³/mol. The molecular formula is C16H20N2O4. The second-order valence-electron chi connectivity index (χ2n) is 5.38. The Bertz CT molecular complexity index is 536. The van der Waals surface area contributed by atoms with E-state index in [4.69, 9.17) is 4.74 Å². The average Bonchev–Trinajstić information content (AvgIpc) is 2.59. The third-order valence-corrected chi connectivity index (χ3v) is 3.97. The highest BCUT2D eigenvalue weighted by atomic mass is 16.5. The summed E-state index contributed by atoms with van der Waals surface area (Å²) in [5.74, 6) is -1.08. The summed E-state index contributed by atoms with van der Waals surface area (Å²) in [4.78, 5) is 35.3. The molecule has 0 saturated heterocycles. The Balaban J connectivity index is 1.77. The number of benzene rings is 1. The van der Waals surface area contributed by atoms with E-state index < -0.39 is 0 Å². The summed E-state index contributed by atoms with van der Waals surface area (Å²) in [7, 11) is 1.38. The minimum Gasteiger partial charge on any atom is -0.469 e. The fourth-order valence-electron chi connectivity index (χ4n) is 2.64. The maximum Gasteiger partial charge on any atom is 0.308 e. The number of nitrogens with one attached hydrogen (secondary N) is 2. The number of hydrogen-bond donors (Lipinski definition) is 2. The highest BCUT2D eigenvalue weighted by Gasteiger charge is 2.30. The van der Waals surface area contributed by atoms with E-state index in [1.807, 2.05) is 6.07 Å². The minimum atomic E-state index is -0.350. The van der Waals surface area contributed by atoms with Gasteiger partial charge in [-0.05, 0) is 37.8 Å². The Hall–Kier alpha value is -2.37. The number of esters is 1. The molecule has 0 spiro atoms. The molecule has 0 aliphatic heterocycles. The first kappa shape index (κ1) is 16.0. The Morgan fingerprint density at radius 2 is 1.55 bits per heavy atom. The molecule has 118 valence electrons. The van der Waals surface area contributed by atoms with Crippen molar-refractivity contribution in [3.05, 3.63) is 35.9 Å². The van der Waals surface area contributed by atoms with E-state index in [0.29, 0.717) is 31.2 Å². The van der Waals surface area contributed by atoms with Gasteiger partial charge in [0.1, 0.15) is 0 Å². The van der Waals surface area contributed by atoms with Gasteiger partial charge in [0, 0.05) is 11.5 Å². The highest BCUT2D eigenvalue weighted by Crippen LogP contribution is 2.29. The van der Waals surface area contributed by atoms with Crippen LogP contribution >= 0.6 is 0 Å². The topological polar surface area (TPSA) is 84.5 Å². The van der Waals surface area contributed by atoms with Crippen LogP contribution in [-0.4, -0.2) is 24.9 Å². The van der Waals surface area contributed by atoms with Gasteiger partial charge in [-0.2, -0.15) is 0 Å². The highest BCUT2D eigenvalue weighted by molar-refractivity contribution is 5.95. The van der Waals surface area contributed by atoms with Crippen LogP contribution in [0.25, 0.3) is 0 Å². The molecule has 2 amide bonds. The first-order chi connectivity index (χ1) is 10.6. The summed E-state index contributed by atoms with van der Waals surface area (Å²) >= 11 is 0. The lowest BCUT2D eigenvalue weighted by Crippen LogP contribution is -2.45. The molecule has 1 fully saturated rings. The molecule has 2 rings (SSSR count). The lowest BCUT2D eigenvalue weighted by Gasteiger charge is -2.26. The average molecular weight is 304 g/mol. The molecule has 22 heavy (non-hydrogen) atoms. The van der Waals surface area contributed by atoms with Crippen LogP contribution in [0.3, 0.4) is 0 Å². The fourth-order valence-corrected chi connectivity index (χ4v) is 2.64. The second-order valence-corrected chi connectivity index (χ2v) is 5.38. The van der Waals surface area contributed by atoms with Crippen LogP contribution in [0, 0.1) is 11.8 Å². The third kappa shape index (κ3) is 4.07. The molecule has 6 nitrogen and oxygen atoms in total. The number of carbonyl (C=O) groups is 3. The molecule has 0 atom stereocenters. The van der Waals surface area contributed by atoms with Crippen molar-refractivity contribution in [3.8, 4) is 0 Å². The van der Waals surface area contributed by atoms with Gasteiger partial charge in [-0.1, -0.05) is 18.2 Å². The first-order valence-electron chi connectivity index (χ1n) is 7.35. The van der Waals surface area contributed by atoms with Gasteiger partial charge >= 0.3 is 5.97 Å². The predicted octanol–water partition coefficient (Wildman–Crippen LogP) is 1.43. The molecule has 1 aromatic rings. The van der Waals surface area contributed by atoms with Crippen LogP contribution in [0.2, 0.25) is 0 Å². The number of hydrogen-bond acceptors (Lipinski definition) is 4. The van der Waals surface area contributed by atoms with E-state index in [1.54, 1.807) is 24.3 Å². The maximum atomic E-state index is 12.0. The summed E-state index contributed by atoms with van der Waals surface area (Å²) in [5.41, 5.74) is 5.35. The number of carbonyl (C=O) groups excluding carboxylic acids is 3. The monoisotopic (exact) mass is 304 g/mol. The van der Waals surface area contributed by atoms with Crippen LogP contribution in [0.15, 0.2) is 30.3 Å². The van der Waals surface area contributed by atoms with Crippen LogP contribution in [0.1, 0.15) is 36.0 Å². The summed E-state index contributed by atoms with van der Waals surface area (Å²) in [6.45, 7) is 0. The van der Waals surface area contributed by atoms with Crippen LogP contribution in [0.5, 0.6) is 0 Å². The minimum absolute atomic E-state index is 0.118. The van der Waals surface area contributed by atoms with Crippen molar-refractivity contribution in [2.24, 2.45) is 11.8 Å². The van der Waals surface area contributed by atoms with Gasteiger partial charge in [0.2, 0.25) is 5.91 Å². The molecule has 0 bridgehead atoms. The van der Waals surface area contributed by atoms with E-state index in [2.05, 4.69) is 10.9 Å². The Morgan fingerprint density at radius 3 is 2.14 bits per heavy atom. The van der Waals surface area contributed by atoms with E-state index in [0.717, 1.165) is 0 Å². The lowest BCUT2D eigenvalue weighted by atomic mass is 9.82. The lowest BCUT2D eigenvalue weighted by molar-refractivity contribution is -0.147. The van der Waals surface area contributed by atoms with Crippen molar-refractivity contribution in [1.29, 1.82) is 0 Å². The molecule has 0 radical (unpaired) electrons. The Kier molecular flexibility index (Phi) is 5.52. The molecule has 0 heterocycles. The van der Waals surface area contributed by atoms with E-state index in [-0.39, 0.29) is 29.6 Å². The molecule has 1 aromatic carbocycles. The molecular weight excluding hydrogens is 284 g/mol. The number of ether oxygens (including phenoxy) is 1. The van der Waals surface area contributed by atoms with Gasteiger partial charge in [-0.3, -0.25) is 25.2 Å². The van der Waals surface area contributed by atoms with Crippen LogP contribution in [-0.2, 0) is 14.3 Å². The van der Waals surface area contributed by atoms with Crippen LogP contribution < -0.4 is 10.9 Å². The van der Waals surface area contributed by atoms with Gasteiger partial charge in [-0.25, -0.2) is 0 Å². The zero-order chi connectivity index (χ0) is 15.9. The molecule has 1 aliphatic carbocycles. The number of amides is 2. The summed E-state index contributed by atoms with van der Waals surface area (Å²) < 4.78 is 4.72. The number of rotatable bonds is 3. The molecule has 6 heteroatoms. The number of methoxy groups -OCH3 is 1. The Morgan fingerprint density at radius 1 is 0.955 bits per heavy atom. The quantitative estimate of drug-likeness (QED) is 0.653. The smallest absolute Gasteiger partial charge is 0.308 e. The summed E-state index contributed by atoms with van der Waals surface area (Å²) in [5, 5.41) is 0. The van der Waals surface area contributed by atoms with Crippen molar-refractivity contribution in [3.63, 3.8) is 0 Å². The molecule has 2 N–H and O–H groups in total. The van der Waals surface area contributed by atoms with E-state index >= 15 is 0 Å². The normalized spacial score (nSPS) is 20.8. The molecule has 0 unspecified atom stereocenters. The maximum absolute atomic E-state index is 12.0. The standard InChI is InChI=1S/C16H20N2O4/c1-22-16(21)13-9-7-12(8-10-13)15(20)18-17-14(19)11-5-3-2-4-6-11/h2-6,12-13H,7-10H2,1H3,(H,17,19)(H,18,20)/t12-,13-. The SMILES string of the molecule is COC(=O)[C@H]1CC[C@H](C(=O)NNC(=O)c2ccccc2)CC1. The van der Waals surface area contributed by atoms with E-state index in [1.165, 1.54) is 7.11 Å². The van der Waals surface area contributed by atoms with Crippen molar-refractivity contribution in [1.82, 2.24) is 10.9 Å². The fraction of sp³-hybridized carbons (Fsp3) is 0.438. The number of hydrazine groups is 1. The Labute approximate surface area is 129 Å². The zero-order valence-corrected chi connectivity index (χ0v) is 12.5. The first-order valence-corrected chi connectivity index (χ1v) is 7.35. The third-order valence-electron chi connectivity index (χ3n) is 3.97. The molecule has 1 aliphatic rings. The zero-order valence-electron chi connectivity index (χ0n) is 12.5. The van der Waals surface area contributed by atoms with Crippen molar-refractivity contribution in [2.45, 2.75) is 25.7 Å². The van der Waals surface area contributed by atoms with Crippen molar-refractivity contribution < 1.29 is 19.1 Å². The van der Waals surface area contributed by atoms with E-state index in [9.17, 15) is 14.4 Å². The second kappa shape index (κ2) is 7.59.